The van der Waals surface area contributed by atoms with Crippen molar-refractivity contribution < 1.29 is 0 Å². The average Bonchev–Trinajstić information content (AvgIpc) is 2.26. The number of H-pyrrole nitrogens is 1. The summed E-state index contributed by atoms with van der Waals surface area (Å²) in [7, 11) is 0. The molecule has 0 radical (unpaired) electrons. The van der Waals surface area contributed by atoms with Gasteiger partial charge < -0.3 is 4.98 Å². The maximum Gasteiger partial charge on any atom is 0.254 e. The second-order valence-corrected chi connectivity index (χ2v) is 5.40. The van der Waals surface area contributed by atoms with Gasteiger partial charge >= 0.3 is 0 Å². The molecule has 100 valence electrons. The van der Waals surface area contributed by atoms with Crippen molar-refractivity contribution in [1.82, 2.24) is 15.0 Å². The van der Waals surface area contributed by atoms with E-state index in [1.165, 1.54) is 6.20 Å². The number of hydrogen-bond donors (Lipinski definition) is 1. The maximum absolute atomic E-state index is 12.1. The summed E-state index contributed by atoms with van der Waals surface area (Å²) in [4.78, 5) is 23.3. The number of rotatable bonds is 2. The van der Waals surface area contributed by atoms with Crippen LogP contribution >= 0.6 is 23.2 Å². The molecule has 2 rings (SSSR count). The van der Waals surface area contributed by atoms with Crippen LogP contribution in [-0.4, -0.2) is 15.0 Å². The second-order valence-electron chi connectivity index (χ2n) is 4.55. The van der Waals surface area contributed by atoms with E-state index in [9.17, 15) is 4.79 Å². The van der Waals surface area contributed by atoms with E-state index in [4.69, 9.17) is 23.2 Å². The second kappa shape index (κ2) is 5.31. The molecular formula is C13H13Cl2N3O. The lowest BCUT2D eigenvalue weighted by atomic mass is 10.0. The number of aryl methyl sites for hydroxylation is 1. The highest BCUT2D eigenvalue weighted by Gasteiger charge is 2.15. The summed E-state index contributed by atoms with van der Waals surface area (Å²) in [5.41, 5.74) is 1.61. The van der Waals surface area contributed by atoms with Gasteiger partial charge in [-0.3, -0.25) is 4.79 Å². The van der Waals surface area contributed by atoms with E-state index in [2.05, 4.69) is 15.0 Å². The average molecular weight is 298 g/mol. The topological polar surface area (TPSA) is 58.6 Å². The van der Waals surface area contributed by atoms with Crippen LogP contribution in [0.25, 0.3) is 11.5 Å². The molecule has 2 aromatic rings. The van der Waals surface area contributed by atoms with Gasteiger partial charge in [0, 0.05) is 17.5 Å². The molecule has 0 aliphatic rings. The van der Waals surface area contributed by atoms with E-state index >= 15 is 0 Å². The number of nitrogens with one attached hydrogen (secondary N) is 1. The molecule has 2 aromatic heterocycles. The summed E-state index contributed by atoms with van der Waals surface area (Å²) >= 11 is 11.9. The molecule has 6 heteroatoms. The van der Waals surface area contributed by atoms with Crippen LogP contribution in [0.15, 0.2) is 17.1 Å². The Hall–Kier alpha value is -1.39. The van der Waals surface area contributed by atoms with Crippen LogP contribution in [0.5, 0.6) is 0 Å². The standard InChI is InChI=1S/C13H13Cl2N3O/c1-6(2)10-7(3)17-12(18-13(10)19)11-9(15)4-8(14)5-16-11/h4-6H,1-3H3,(H,17,18,19). The molecule has 0 aliphatic carbocycles. The summed E-state index contributed by atoms with van der Waals surface area (Å²) in [6.07, 6.45) is 1.47. The van der Waals surface area contributed by atoms with Crippen molar-refractivity contribution >= 4 is 23.2 Å². The highest BCUT2D eigenvalue weighted by Crippen LogP contribution is 2.25. The van der Waals surface area contributed by atoms with Gasteiger partial charge in [-0.25, -0.2) is 9.97 Å². The minimum Gasteiger partial charge on any atom is -0.305 e. The van der Waals surface area contributed by atoms with Crippen molar-refractivity contribution in [2.75, 3.05) is 0 Å². The van der Waals surface area contributed by atoms with Crippen LogP contribution in [-0.2, 0) is 0 Å². The van der Waals surface area contributed by atoms with Crippen molar-refractivity contribution in [2.45, 2.75) is 26.7 Å². The van der Waals surface area contributed by atoms with Crippen LogP contribution in [0, 0.1) is 6.92 Å². The Labute approximate surface area is 120 Å². The van der Waals surface area contributed by atoms with Crippen LogP contribution in [0.3, 0.4) is 0 Å². The summed E-state index contributed by atoms with van der Waals surface area (Å²) < 4.78 is 0. The van der Waals surface area contributed by atoms with Crippen LogP contribution in [0.1, 0.15) is 31.0 Å². The molecule has 2 heterocycles. The smallest absolute Gasteiger partial charge is 0.254 e. The fraction of sp³-hybridized carbons (Fsp3) is 0.308. The van der Waals surface area contributed by atoms with Gasteiger partial charge in [0.05, 0.1) is 10.0 Å². The molecule has 0 bridgehead atoms. The molecule has 0 atom stereocenters. The first-order valence-corrected chi connectivity index (χ1v) is 6.58. The molecule has 0 aromatic carbocycles. The molecule has 0 saturated carbocycles. The van der Waals surface area contributed by atoms with E-state index in [-0.39, 0.29) is 11.5 Å². The summed E-state index contributed by atoms with van der Waals surface area (Å²) in [6, 6.07) is 1.57. The summed E-state index contributed by atoms with van der Waals surface area (Å²) in [5, 5.41) is 0.791. The molecule has 0 spiro atoms. The van der Waals surface area contributed by atoms with Gasteiger partial charge in [-0.2, -0.15) is 0 Å². The largest absolute Gasteiger partial charge is 0.305 e. The lowest BCUT2D eigenvalue weighted by Crippen LogP contribution is -2.18. The van der Waals surface area contributed by atoms with Gasteiger partial charge in [-0.1, -0.05) is 37.0 Å². The van der Waals surface area contributed by atoms with Crippen molar-refractivity contribution in [3.05, 3.63) is 43.9 Å². The van der Waals surface area contributed by atoms with Gasteiger partial charge in [0.25, 0.3) is 5.56 Å². The normalized spacial score (nSPS) is 11.1. The van der Waals surface area contributed by atoms with E-state index in [1.54, 1.807) is 13.0 Å². The lowest BCUT2D eigenvalue weighted by Gasteiger charge is -2.10. The Morgan fingerprint density at radius 3 is 2.53 bits per heavy atom. The van der Waals surface area contributed by atoms with E-state index in [1.807, 2.05) is 13.8 Å². The number of pyridine rings is 1. The van der Waals surface area contributed by atoms with Gasteiger partial charge in [-0.15, -0.1) is 0 Å². The number of hydrogen-bond acceptors (Lipinski definition) is 3. The fourth-order valence-electron chi connectivity index (χ4n) is 1.98. The quantitative estimate of drug-likeness (QED) is 0.922. The van der Waals surface area contributed by atoms with Crippen LogP contribution in [0.2, 0.25) is 10.0 Å². The Balaban J connectivity index is 2.62. The first-order chi connectivity index (χ1) is 8.90. The maximum atomic E-state index is 12.1. The molecule has 0 fully saturated rings. The predicted molar refractivity (Wildman–Crippen MR) is 76.9 cm³/mol. The number of aromatic amines is 1. The van der Waals surface area contributed by atoms with E-state index < -0.39 is 0 Å². The Morgan fingerprint density at radius 1 is 1.32 bits per heavy atom. The number of nitrogens with zero attached hydrogens (tertiary/aromatic N) is 2. The Bertz CT molecular complexity index is 680. The third-order valence-corrected chi connectivity index (χ3v) is 3.25. The third kappa shape index (κ3) is 2.80. The van der Waals surface area contributed by atoms with E-state index in [0.717, 1.165) is 0 Å². The Morgan fingerprint density at radius 2 is 2.00 bits per heavy atom. The number of aromatic nitrogens is 3. The third-order valence-electron chi connectivity index (χ3n) is 2.76. The fourth-order valence-corrected chi connectivity index (χ4v) is 2.45. The van der Waals surface area contributed by atoms with Crippen molar-refractivity contribution in [3.8, 4) is 11.5 Å². The monoisotopic (exact) mass is 297 g/mol. The molecule has 0 saturated heterocycles. The van der Waals surface area contributed by atoms with E-state index in [0.29, 0.717) is 32.8 Å². The highest BCUT2D eigenvalue weighted by atomic mass is 35.5. The van der Waals surface area contributed by atoms with Gasteiger partial charge in [-0.05, 0) is 18.9 Å². The minimum atomic E-state index is -0.162. The van der Waals surface area contributed by atoms with Crippen molar-refractivity contribution in [2.24, 2.45) is 0 Å². The molecule has 1 N–H and O–H groups in total. The summed E-state index contributed by atoms with van der Waals surface area (Å²) in [6.45, 7) is 5.71. The molecule has 19 heavy (non-hydrogen) atoms. The zero-order valence-corrected chi connectivity index (χ0v) is 12.3. The molecule has 0 amide bonds. The zero-order chi connectivity index (χ0) is 14.2. The highest BCUT2D eigenvalue weighted by molar-refractivity contribution is 6.35. The molecule has 0 unspecified atom stereocenters. The molecular weight excluding hydrogens is 285 g/mol. The SMILES string of the molecule is Cc1nc(-c2ncc(Cl)cc2Cl)[nH]c(=O)c1C(C)C. The number of halogens is 2. The molecule has 4 nitrogen and oxygen atoms in total. The lowest BCUT2D eigenvalue weighted by molar-refractivity contribution is 0.814. The zero-order valence-electron chi connectivity index (χ0n) is 10.8. The summed E-state index contributed by atoms with van der Waals surface area (Å²) in [5.74, 6) is 0.465. The Kier molecular flexibility index (Phi) is 3.92. The first kappa shape index (κ1) is 14.0. The van der Waals surface area contributed by atoms with Gasteiger partial charge in [0.2, 0.25) is 0 Å². The van der Waals surface area contributed by atoms with Crippen LogP contribution < -0.4 is 5.56 Å². The predicted octanol–water partition coefficient (Wildman–Crippen LogP) is 3.57. The van der Waals surface area contributed by atoms with Gasteiger partial charge in [0.1, 0.15) is 5.69 Å². The first-order valence-electron chi connectivity index (χ1n) is 5.82. The minimum absolute atomic E-state index is 0.110. The van der Waals surface area contributed by atoms with Crippen molar-refractivity contribution in [1.29, 1.82) is 0 Å². The van der Waals surface area contributed by atoms with Crippen molar-refractivity contribution in [3.63, 3.8) is 0 Å². The molecule has 0 aliphatic heterocycles. The van der Waals surface area contributed by atoms with Gasteiger partial charge in [0.15, 0.2) is 5.82 Å². The van der Waals surface area contributed by atoms with Crippen LogP contribution in [0.4, 0.5) is 0 Å².